The highest BCUT2D eigenvalue weighted by Crippen LogP contribution is 2.57. The zero-order valence-electron chi connectivity index (χ0n) is 37.3. The average Bonchev–Trinajstić information content (AvgIpc) is 3.91. The van der Waals surface area contributed by atoms with E-state index in [2.05, 4.69) is 287 Å². The summed E-state index contributed by atoms with van der Waals surface area (Å²) in [6.45, 7) is 0. The number of aromatic nitrogens is 1. The summed E-state index contributed by atoms with van der Waals surface area (Å²) in [6.07, 6.45) is 0. The maximum Gasteiger partial charge on any atom is 0.0714 e. The SMILES string of the molecule is c1ccc(N(c2ccccc2)c2cc(N(c3ccccc3)c3ccccc3)c3c4ccc5ccccc5c4n(-c4ccc5c(c4)C(c4ccccc4)(c4ccccc4)c4ccccc4-5)c3c2)cc1. The lowest BCUT2D eigenvalue weighted by Crippen LogP contribution is -2.28. The van der Waals surface area contributed by atoms with Crippen LogP contribution in [0.2, 0.25) is 0 Å². The lowest BCUT2D eigenvalue weighted by atomic mass is 9.67. The molecule has 1 heterocycles. The van der Waals surface area contributed by atoms with Gasteiger partial charge in [0.25, 0.3) is 0 Å². The maximum atomic E-state index is 2.56. The van der Waals surface area contributed by atoms with Gasteiger partial charge in [0.1, 0.15) is 0 Å². The smallest absolute Gasteiger partial charge is 0.0714 e. The fourth-order valence-electron chi connectivity index (χ4n) is 11.2. The van der Waals surface area contributed by atoms with Gasteiger partial charge in [-0.25, -0.2) is 0 Å². The molecule has 0 amide bonds. The van der Waals surface area contributed by atoms with E-state index in [9.17, 15) is 0 Å². The summed E-state index contributed by atoms with van der Waals surface area (Å²) in [5, 5.41) is 4.75. The Balaban J connectivity index is 1.20. The van der Waals surface area contributed by atoms with E-state index in [1.165, 1.54) is 60.4 Å². The molecule has 0 fully saturated rings. The molecule has 1 aliphatic rings. The quantitative estimate of drug-likeness (QED) is 0.143. The van der Waals surface area contributed by atoms with Crippen LogP contribution in [-0.4, -0.2) is 4.57 Å². The third kappa shape index (κ3) is 6.13. The Morgan fingerprint density at radius 1 is 0.324 bits per heavy atom. The van der Waals surface area contributed by atoms with Gasteiger partial charge in [0.05, 0.1) is 27.8 Å². The summed E-state index contributed by atoms with van der Waals surface area (Å²) >= 11 is 0. The van der Waals surface area contributed by atoms with Crippen molar-refractivity contribution in [2.24, 2.45) is 0 Å². The molecule has 11 aromatic carbocycles. The zero-order valence-corrected chi connectivity index (χ0v) is 37.3. The van der Waals surface area contributed by atoms with Gasteiger partial charge in [-0.1, -0.05) is 200 Å². The second-order valence-corrected chi connectivity index (χ2v) is 17.6. The van der Waals surface area contributed by atoms with Crippen LogP contribution in [0.1, 0.15) is 22.3 Å². The van der Waals surface area contributed by atoms with Crippen molar-refractivity contribution in [3.05, 3.63) is 295 Å². The highest BCUT2D eigenvalue weighted by atomic mass is 15.2. The largest absolute Gasteiger partial charge is 0.310 e. The van der Waals surface area contributed by atoms with E-state index in [0.717, 1.165) is 45.3 Å². The Bertz CT molecular complexity index is 3660. The predicted molar refractivity (Wildman–Crippen MR) is 285 cm³/mol. The number of hydrogen-bond acceptors (Lipinski definition) is 2. The van der Waals surface area contributed by atoms with Crippen molar-refractivity contribution in [2.75, 3.05) is 9.80 Å². The third-order valence-electron chi connectivity index (χ3n) is 14.0. The van der Waals surface area contributed by atoms with Gasteiger partial charge in [-0.2, -0.15) is 0 Å². The number of benzene rings is 11. The standard InChI is InChI=1S/C65H45N3/c1-7-24-47(25-8-1)65(48-26-9-2-10-27-48)59-38-22-21-37-56(59)57-42-40-53(43-60(57)65)68-62-45-54(66(49-28-11-3-12-29-49)50-30-13-4-14-31-50)44-61(63(62)58-41-39-46-23-19-20-36-55(46)64(58)68)67(51-32-15-5-16-33-51)52-34-17-6-18-35-52/h1-45H. The predicted octanol–water partition coefficient (Wildman–Crippen LogP) is 17.2. The van der Waals surface area contributed by atoms with Gasteiger partial charge in [0.2, 0.25) is 0 Å². The first-order chi connectivity index (χ1) is 33.8. The Morgan fingerprint density at radius 2 is 0.809 bits per heavy atom. The molecule has 320 valence electrons. The van der Waals surface area contributed by atoms with Crippen LogP contribution in [0.15, 0.2) is 273 Å². The number of hydrogen-bond donors (Lipinski definition) is 0. The van der Waals surface area contributed by atoms with Crippen molar-refractivity contribution in [1.29, 1.82) is 0 Å². The van der Waals surface area contributed by atoms with Crippen LogP contribution >= 0.6 is 0 Å². The average molecular weight is 868 g/mol. The number of anilines is 6. The van der Waals surface area contributed by atoms with E-state index < -0.39 is 5.41 Å². The molecule has 0 atom stereocenters. The molecule has 68 heavy (non-hydrogen) atoms. The molecule has 0 bridgehead atoms. The third-order valence-corrected chi connectivity index (χ3v) is 14.0. The Labute approximate surface area is 396 Å². The van der Waals surface area contributed by atoms with Crippen LogP contribution in [-0.2, 0) is 5.41 Å². The normalized spacial score (nSPS) is 12.5. The molecule has 0 saturated carbocycles. The van der Waals surface area contributed by atoms with E-state index >= 15 is 0 Å². The topological polar surface area (TPSA) is 11.4 Å². The van der Waals surface area contributed by atoms with Crippen molar-refractivity contribution in [2.45, 2.75) is 5.41 Å². The van der Waals surface area contributed by atoms with Gasteiger partial charge in [0.15, 0.2) is 0 Å². The molecule has 1 aliphatic carbocycles. The van der Waals surface area contributed by atoms with Gasteiger partial charge < -0.3 is 14.4 Å². The second-order valence-electron chi connectivity index (χ2n) is 17.6. The fraction of sp³-hybridized carbons (Fsp3) is 0.0154. The second kappa shape index (κ2) is 16.2. The summed E-state index contributed by atoms with van der Waals surface area (Å²) in [5.74, 6) is 0. The summed E-state index contributed by atoms with van der Waals surface area (Å²) in [4.78, 5) is 4.83. The van der Waals surface area contributed by atoms with Crippen molar-refractivity contribution < 1.29 is 0 Å². The lowest BCUT2D eigenvalue weighted by molar-refractivity contribution is 0.767. The van der Waals surface area contributed by atoms with E-state index in [4.69, 9.17) is 0 Å². The summed E-state index contributed by atoms with van der Waals surface area (Å²) in [5.41, 5.74) is 16.8. The van der Waals surface area contributed by atoms with E-state index in [1.807, 2.05) is 0 Å². The van der Waals surface area contributed by atoms with Gasteiger partial charge in [-0.3, -0.25) is 0 Å². The number of para-hydroxylation sites is 4. The minimum absolute atomic E-state index is 0.559. The molecule has 0 radical (unpaired) electrons. The van der Waals surface area contributed by atoms with Gasteiger partial charge >= 0.3 is 0 Å². The Morgan fingerprint density at radius 3 is 1.40 bits per heavy atom. The van der Waals surface area contributed by atoms with E-state index in [-0.39, 0.29) is 0 Å². The highest BCUT2D eigenvalue weighted by molar-refractivity contribution is 6.23. The molecule has 0 spiro atoms. The molecule has 3 heteroatoms. The first-order valence-electron chi connectivity index (χ1n) is 23.4. The number of nitrogens with zero attached hydrogens (tertiary/aromatic N) is 3. The first-order valence-corrected chi connectivity index (χ1v) is 23.4. The molecule has 12 aromatic rings. The van der Waals surface area contributed by atoms with Crippen LogP contribution in [0.5, 0.6) is 0 Å². The highest BCUT2D eigenvalue weighted by Gasteiger charge is 2.46. The van der Waals surface area contributed by atoms with Gasteiger partial charge in [0, 0.05) is 44.6 Å². The maximum absolute atomic E-state index is 2.56. The fourth-order valence-corrected chi connectivity index (χ4v) is 11.2. The molecule has 0 aliphatic heterocycles. The minimum atomic E-state index is -0.559. The van der Waals surface area contributed by atoms with Crippen LogP contribution in [0, 0.1) is 0 Å². The summed E-state index contributed by atoms with van der Waals surface area (Å²) < 4.78 is 2.56. The number of fused-ring (bicyclic) bond motifs is 8. The molecule has 0 unspecified atom stereocenters. The van der Waals surface area contributed by atoms with Crippen molar-refractivity contribution >= 4 is 66.7 Å². The van der Waals surface area contributed by atoms with Crippen LogP contribution in [0.25, 0.3) is 49.4 Å². The summed E-state index contributed by atoms with van der Waals surface area (Å²) in [6, 6.07) is 99.9. The summed E-state index contributed by atoms with van der Waals surface area (Å²) in [7, 11) is 0. The molecule has 13 rings (SSSR count). The van der Waals surface area contributed by atoms with Gasteiger partial charge in [-0.05, 0) is 112 Å². The van der Waals surface area contributed by atoms with Crippen molar-refractivity contribution in [3.8, 4) is 16.8 Å². The molecular weight excluding hydrogens is 823 g/mol. The zero-order chi connectivity index (χ0) is 45.0. The molecule has 0 N–H and O–H groups in total. The molecular formula is C65H45N3. The van der Waals surface area contributed by atoms with Crippen LogP contribution in [0.4, 0.5) is 34.1 Å². The Kier molecular flexibility index (Phi) is 9.40. The molecule has 3 nitrogen and oxygen atoms in total. The van der Waals surface area contributed by atoms with Crippen LogP contribution in [0.3, 0.4) is 0 Å². The Hall–Kier alpha value is -8.92. The van der Waals surface area contributed by atoms with Crippen LogP contribution < -0.4 is 9.80 Å². The first kappa shape index (κ1) is 39.4. The molecule has 1 aromatic heterocycles. The van der Waals surface area contributed by atoms with Crippen molar-refractivity contribution in [1.82, 2.24) is 4.57 Å². The monoisotopic (exact) mass is 867 g/mol. The van der Waals surface area contributed by atoms with Gasteiger partial charge in [-0.15, -0.1) is 0 Å². The van der Waals surface area contributed by atoms with E-state index in [0.29, 0.717) is 0 Å². The van der Waals surface area contributed by atoms with Crippen molar-refractivity contribution in [3.63, 3.8) is 0 Å². The molecule has 0 saturated heterocycles. The lowest BCUT2D eigenvalue weighted by Gasteiger charge is -2.34. The minimum Gasteiger partial charge on any atom is -0.310 e. The van der Waals surface area contributed by atoms with E-state index in [1.54, 1.807) is 0 Å². The number of rotatable bonds is 9.